The van der Waals surface area contributed by atoms with Crippen LogP contribution in [0.5, 0.6) is 0 Å². The minimum Gasteiger partial charge on any atom is -0.461 e. The van der Waals surface area contributed by atoms with Gasteiger partial charge >= 0.3 is 17.9 Å². The van der Waals surface area contributed by atoms with E-state index >= 15 is 0 Å². The molecule has 8 heteroatoms. The Hall–Kier alpha value is -1.67. The summed E-state index contributed by atoms with van der Waals surface area (Å²) in [6, 6.07) is 0. The number of carbonyl (C=O) groups is 3. The van der Waals surface area contributed by atoms with E-state index in [9.17, 15) is 19.5 Å². The van der Waals surface area contributed by atoms with E-state index in [0.717, 1.165) is 0 Å². The molecule has 0 bridgehead atoms. The topological polar surface area (TPSA) is 108 Å². The Balaban J connectivity index is 1.93. The first kappa shape index (κ1) is 17.7. The minimum atomic E-state index is -1.46. The zero-order valence-corrected chi connectivity index (χ0v) is 15.5. The van der Waals surface area contributed by atoms with E-state index in [1.54, 1.807) is 20.8 Å². The molecule has 0 radical (unpaired) electrons. The average molecular weight is 368 g/mol. The van der Waals surface area contributed by atoms with E-state index in [1.807, 2.05) is 0 Å². The number of carbonyl (C=O) groups excluding carboxylic acids is 3. The average Bonchev–Trinajstić information content (AvgIpc) is 3.04. The molecule has 0 aromatic rings. The molecule has 2 saturated heterocycles. The largest absolute Gasteiger partial charge is 0.461 e. The van der Waals surface area contributed by atoms with Crippen molar-refractivity contribution in [1.82, 2.24) is 0 Å². The van der Waals surface area contributed by atoms with Gasteiger partial charge in [0.15, 0.2) is 0 Å². The quantitative estimate of drug-likeness (QED) is 0.556. The lowest BCUT2D eigenvalue weighted by Crippen LogP contribution is -2.55. The first-order chi connectivity index (χ1) is 12.0. The van der Waals surface area contributed by atoms with Gasteiger partial charge in [-0.25, -0.2) is 0 Å². The smallest absolute Gasteiger partial charge is 0.318 e. The lowest BCUT2D eigenvalue weighted by molar-refractivity contribution is -0.211. The number of cyclic esters (lactones) is 1. The van der Waals surface area contributed by atoms with Crippen molar-refractivity contribution >= 4 is 17.9 Å². The molecule has 1 unspecified atom stereocenters. The fourth-order valence-corrected chi connectivity index (χ4v) is 6.30. The summed E-state index contributed by atoms with van der Waals surface area (Å²) >= 11 is 0. The molecular weight excluding hydrogens is 344 g/mol. The maximum atomic E-state index is 12.9. The Bertz CT molecular complexity index is 720. The van der Waals surface area contributed by atoms with E-state index in [4.69, 9.17) is 18.9 Å². The first-order valence-electron chi connectivity index (χ1n) is 8.81. The van der Waals surface area contributed by atoms with Gasteiger partial charge in [0.05, 0.1) is 17.4 Å². The van der Waals surface area contributed by atoms with Crippen molar-refractivity contribution in [3.8, 4) is 0 Å². The molecule has 0 spiro atoms. The third-order valence-electron chi connectivity index (χ3n) is 7.61. The molecule has 1 N–H and O–H groups in total. The molecular formula is C18H24O8. The Morgan fingerprint density at radius 3 is 2.50 bits per heavy atom. The van der Waals surface area contributed by atoms with Crippen LogP contribution in [0, 0.1) is 22.7 Å². The molecule has 144 valence electrons. The van der Waals surface area contributed by atoms with Crippen LogP contribution in [0.1, 0.15) is 40.5 Å². The highest BCUT2D eigenvalue weighted by molar-refractivity contribution is 5.84. The van der Waals surface area contributed by atoms with E-state index in [-0.39, 0.29) is 24.7 Å². The van der Waals surface area contributed by atoms with Gasteiger partial charge in [0.1, 0.15) is 17.1 Å². The van der Waals surface area contributed by atoms with E-state index in [1.165, 1.54) is 14.0 Å². The van der Waals surface area contributed by atoms with Crippen molar-refractivity contribution in [2.24, 2.45) is 22.7 Å². The van der Waals surface area contributed by atoms with Gasteiger partial charge in [-0.3, -0.25) is 14.4 Å². The van der Waals surface area contributed by atoms with Crippen LogP contribution in [-0.2, 0) is 33.3 Å². The van der Waals surface area contributed by atoms with E-state index < -0.39 is 52.3 Å². The summed E-state index contributed by atoms with van der Waals surface area (Å²) in [5, 5.41) is 11.9. The molecule has 0 aromatic carbocycles. The summed E-state index contributed by atoms with van der Waals surface area (Å²) in [4.78, 5) is 36.6. The van der Waals surface area contributed by atoms with Crippen LogP contribution in [0.2, 0.25) is 0 Å². The van der Waals surface area contributed by atoms with Crippen molar-refractivity contribution in [2.75, 3.05) is 7.11 Å². The van der Waals surface area contributed by atoms with Crippen LogP contribution in [0.4, 0.5) is 0 Å². The zero-order chi connectivity index (χ0) is 19.3. The molecule has 2 heterocycles. The second kappa shape index (κ2) is 4.78. The number of hydrogen-bond donors (Lipinski definition) is 1. The number of aliphatic hydroxyl groups is 1. The Morgan fingerprint density at radius 2 is 1.92 bits per heavy atom. The van der Waals surface area contributed by atoms with Crippen molar-refractivity contribution in [2.45, 2.75) is 64.1 Å². The lowest BCUT2D eigenvalue weighted by Gasteiger charge is -2.43. The third kappa shape index (κ3) is 1.61. The maximum absolute atomic E-state index is 12.9. The summed E-state index contributed by atoms with van der Waals surface area (Å²) in [5.74, 6) is -2.49. The molecule has 2 aliphatic carbocycles. The van der Waals surface area contributed by atoms with Gasteiger partial charge < -0.3 is 24.1 Å². The zero-order valence-electron chi connectivity index (χ0n) is 15.5. The molecule has 8 nitrogen and oxygen atoms in total. The molecule has 4 rings (SSSR count). The SMILES string of the molecule is CO[C@H]1OC(=O)[C@]2(C)[C@H](OC(C)=O)C3[C@H]4CC(=O)O[C@@]4(C)C[C@]3(O)[C@]12C. The fraction of sp³-hybridized carbons (Fsp3) is 0.833. The Morgan fingerprint density at radius 1 is 1.27 bits per heavy atom. The molecule has 4 fully saturated rings. The molecule has 2 saturated carbocycles. The van der Waals surface area contributed by atoms with Crippen LogP contribution < -0.4 is 0 Å². The Kier molecular flexibility index (Phi) is 3.26. The summed E-state index contributed by atoms with van der Waals surface area (Å²) in [7, 11) is 1.41. The van der Waals surface area contributed by atoms with Crippen LogP contribution in [0.15, 0.2) is 0 Å². The first-order valence-corrected chi connectivity index (χ1v) is 8.81. The van der Waals surface area contributed by atoms with E-state index in [2.05, 4.69) is 0 Å². The number of methoxy groups -OCH3 is 1. The second-order valence-electron chi connectivity index (χ2n) is 8.63. The number of fused-ring (bicyclic) bond motifs is 5. The van der Waals surface area contributed by atoms with Crippen LogP contribution in [0.3, 0.4) is 0 Å². The Labute approximate surface area is 151 Å². The predicted octanol–water partition coefficient (Wildman–Crippen LogP) is 0.546. The van der Waals surface area contributed by atoms with Gasteiger partial charge in [0, 0.05) is 32.3 Å². The molecule has 0 amide bonds. The van der Waals surface area contributed by atoms with Crippen LogP contribution >= 0.6 is 0 Å². The highest BCUT2D eigenvalue weighted by atomic mass is 16.7. The molecule has 26 heavy (non-hydrogen) atoms. The maximum Gasteiger partial charge on any atom is 0.318 e. The van der Waals surface area contributed by atoms with Gasteiger partial charge in [-0.2, -0.15) is 0 Å². The van der Waals surface area contributed by atoms with Gasteiger partial charge in [-0.05, 0) is 20.8 Å². The predicted molar refractivity (Wildman–Crippen MR) is 84.3 cm³/mol. The minimum absolute atomic E-state index is 0.111. The summed E-state index contributed by atoms with van der Waals surface area (Å²) in [5.41, 5.74) is -4.82. The second-order valence-corrected chi connectivity index (χ2v) is 8.63. The molecule has 4 aliphatic rings. The van der Waals surface area contributed by atoms with Crippen molar-refractivity contribution in [3.63, 3.8) is 0 Å². The standard InChI is InChI=1S/C18H24O8/c1-8(19)24-12-11-9-6-10(20)26-15(9,2)7-18(11,22)17(4)14(23-5)25-13(21)16(12,17)3/h9,11-12,14,22H,6-7H2,1-5H3/t9-,11?,12-,14+,15+,16+,17-,18-/m1/s1. The van der Waals surface area contributed by atoms with Gasteiger partial charge in [0.2, 0.25) is 6.29 Å². The highest BCUT2D eigenvalue weighted by Crippen LogP contribution is 2.75. The number of ether oxygens (including phenoxy) is 4. The summed E-state index contributed by atoms with van der Waals surface area (Å²) in [6.45, 7) is 6.42. The summed E-state index contributed by atoms with van der Waals surface area (Å²) in [6.07, 6.45) is -1.70. The van der Waals surface area contributed by atoms with E-state index in [0.29, 0.717) is 0 Å². The number of esters is 3. The van der Waals surface area contributed by atoms with Gasteiger partial charge in [-0.15, -0.1) is 0 Å². The molecule has 8 atom stereocenters. The molecule has 0 aromatic heterocycles. The number of hydrogen-bond acceptors (Lipinski definition) is 8. The van der Waals surface area contributed by atoms with Crippen molar-refractivity contribution in [1.29, 1.82) is 0 Å². The fourth-order valence-electron chi connectivity index (χ4n) is 6.30. The van der Waals surface area contributed by atoms with Crippen LogP contribution in [0.25, 0.3) is 0 Å². The van der Waals surface area contributed by atoms with Crippen molar-refractivity contribution < 1.29 is 38.4 Å². The monoisotopic (exact) mass is 368 g/mol. The highest BCUT2D eigenvalue weighted by Gasteiger charge is 2.88. The normalized spacial score (nSPS) is 54.4. The third-order valence-corrected chi connectivity index (χ3v) is 7.61. The van der Waals surface area contributed by atoms with Gasteiger partial charge in [-0.1, -0.05) is 0 Å². The summed E-state index contributed by atoms with van der Waals surface area (Å²) < 4.78 is 22.0. The molecule has 2 aliphatic heterocycles. The lowest BCUT2D eigenvalue weighted by atomic mass is 9.62. The number of rotatable bonds is 2. The van der Waals surface area contributed by atoms with Gasteiger partial charge in [0.25, 0.3) is 0 Å². The van der Waals surface area contributed by atoms with Crippen molar-refractivity contribution in [3.05, 3.63) is 0 Å². The van der Waals surface area contributed by atoms with Crippen LogP contribution in [-0.4, -0.2) is 53.7 Å².